The molecule has 0 aromatic rings. The summed E-state index contributed by atoms with van der Waals surface area (Å²) in [4.78, 5) is 0. The topological polar surface area (TPSA) is 93.5 Å². The molecule has 1 saturated heterocycles. The van der Waals surface area contributed by atoms with Gasteiger partial charge in [-0.2, -0.15) is 0 Å². The van der Waals surface area contributed by atoms with E-state index in [4.69, 9.17) is 25.2 Å². The lowest BCUT2D eigenvalue weighted by Gasteiger charge is -2.28. The lowest BCUT2D eigenvalue weighted by Crippen LogP contribution is -2.53. The third-order valence-corrected chi connectivity index (χ3v) is 2.28. The van der Waals surface area contributed by atoms with Gasteiger partial charge in [-0.25, -0.2) is 0 Å². The largest absolute Gasteiger partial charge is 0.387 e. The Morgan fingerprint density at radius 2 is 1.00 bits per heavy atom. The molecule has 0 bridgehead atoms. The molecule has 6 atom stereocenters. The summed E-state index contributed by atoms with van der Waals surface area (Å²) in [5, 5.41) is 36.4. The minimum Gasteiger partial charge on any atom is -0.387 e. The van der Waals surface area contributed by atoms with Crippen molar-refractivity contribution in [1.29, 1.82) is 0 Å². The fourth-order valence-electron chi connectivity index (χ4n) is 1.48. The van der Waals surface area contributed by atoms with Crippen LogP contribution in [0.2, 0.25) is 0 Å². The average Bonchev–Trinajstić information content (AvgIpc) is 2.76. The van der Waals surface area contributed by atoms with Crippen molar-refractivity contribution in [2.24, 2.45) is 0 Å². The van der Waals surface area contributed by atoms with Crippen LogP contribution in [0, 0.1) is 0 Å². The number of hydrogen-bond donors (Lipinski definition) is 4. The lowest BCUT2D eigenvalue weighted by molar-refractivity contribution is -0.121. The fraction of sp³-hybridized carbons (Fsp3) is 1.00. The van der Waals surface area contributed by atoms with Crippen LogP contribution in [-0.2, 0) is 4.74 Å². The zero-order valence-electron chi connectivity index (χ0n) is 5.66. The number of aliphatic hydroxyl groups excluding tert-OH is 4. The molecule has 4 N–H and O–H groups in total. The van der Waals surface area contributed by atoms with Crippen molar-refractivity contribution in [1.82, 2.24) is 0 Å². The van der Waals surface area contributed by atoms with E-state index in [1.54, 1.807) is 0 Å². The van der Waals surface area contributed by atoms with Crippen LogP contribution in [0.3, 0.4) is 0 Å². The first kappa shape index (κ1) is 7.45. The van der Waals surface area contributed by atoms with Gasteiger partial charge in [0.1, 0.15) is 36.6 Å². The van der Waals surface area contributed by atoms with Crippen LogP contribution in [-0.4, -0.2) is 57.0 Å². The minimum atomic E-state index is -1.30. The first-order valence-electron chi connectivity index (χ1n) is 3.50. The third-order valence-electron chi connectivity index (χ3n) is 2.28. The molecule has 2 fully saturated rings. The summed E-state index contributed by atoms with van der Waals surface area (Å²) >= 11 is 0. The Balaban J connectivity index is 2.13. The third kappa shape index (κ3) is 0.896. The van der Waals surface area contributed by atoms with E-state index in [0.29, 0.717) is 0 Å². The summed E-state index contributed by atoms with van der Waals surface area (Å²) in [7, 11) is 0. The number of ether oxygens (including phenoxy) is 1. The van der Waals surface area contributed by atoms with Gasteiger partial charge < -0.3 is 25.2 Å². The van der Waals surface area contributed by atoms with E-state index in [0.717, 1.165) is 0 Å². The number of epoxide rings is 1. The van der Waals surface area contributed by atoms with Crippen LogP contribution in [0.4, 0.5) is 0 Å². The standard InChI is InChI=1S/C6H10O5/c7-1-2(8)4(10)6-5(11-6)3(1)9/h1-10H/t1-,2+,3-,4+,5-,6+. The second-order valence-electron chi connectivity index (χ2n) is 3.03. The maximum atomic E-state index is 9.13. The van der Waals surface area contributed by atoms with Gasteiger partial charge >= 0.3 is 0 Å². The van der Waals surface area contributed by atoms with Gasteiger partial charge in [0, 0.05) is 0 Å². The summed E-state index contributed by atoms with van der Waals surface area (Å²) in [6, 6.07) is 0. The van der Waals surface area contributed by atoms with Gasteiger partial charge in [-0.3, -0.25) is 0 Å². The highest BCUT2D eigenvalue weighted by Gasteiger charge is 2.59. The Kier molecular flexibility index (Phi) is 1.45. The summed E-state index contributed by atoms with van der Waals surface area (Å²) in [5.74, 6) is 0. The van der Waals surface area contributed by atoms with E-state index < -0.39 is 36.6 Å². The predicted molar refractivity (Wildman–Crippen MR) is 32.7 cm³/mol. The molecule has 5 nitrogen and oxygen atoms in total. The molecule has 0 radical (unpaired) electrons. The van der Waals surface area contributed by atoms with Crippen LogP contribution in [0.25, 0.3) is 0 Å². The molecule has 0 aromatic heterocycles. The molecule has 1 aliphatic carbocycles. The van der Waals surface area contributed by atoms with E-state index in [1.165, 1.54) is 0 Å². The van der Waals surface area contributed by atoms with Gasteiger partial charge in [0.2, 0.25) is 0 Å². The molecule has 0 aromatic carbocycles. The average molecular weight is 162 g/mol. The molecule has 11 heavy (non-hydrogen) atoms. The highest BCUT2D eigenvalue weighted by Crippen LogP contribution is 2.37. The molecule has 2 aliphatic rings. The van der Waals surface area contributed by atoms with Gasteiger partial charge in [-0.15, -0.1) is 0 Å². The van der Waals surface area contributed by atoms with Crippen LogP contribution < -0.4 is 0 Å². The zero-order valence-corrected chi connectivity index (χ0v) is 5.66. The molecule has 0 spiro atoms. The molecule has 2 rings (SSSR count). The summed E-state index contributed by atoms with van der Waals surface area (Å²) in [5.41, 5.74) is 0. The maximum Gasteiger partial charge on any atom is 0.115 e. The van der Waals surface area contributed by atoms with Crippen LogP contribution in [0.5, 0.6) is 0 Å². The molecule has 0 unspecified atom stereocenters. The Hall–Kier alpha value is -0.200. The monoisotopic (exact) mass is 162 g/mol. The molecule has 1 heterocycles. The van der Waals surface area contributed by atoms with Crippen molar-refractivity contribution >= 4 is 0 Å². The predicted octanol–water partition coefficient (Wildman–Crippen LogP) is -2.79. The molecular weight excluding hydrogens is 152 g/mol. The Morgan fingerprint density at radius 3 is 1.36 bits per heavy atom. The molecule has 0 amide bonds. The Bertz CT molecular complexity index is 154. The first-order valence-corrected chi connectivity index (χ1v) is 3.50. The van der Waals surface area contributed by atoms with E-state index >= 15 is 0 Å². The molecular formula is C6H10O5. The SMILES string of the molecule is O[C@@H]1[C@H](O)[C@H](O)[C@@H]2O[C@@H]2[C@@H]1O. The number of hydrogen-bond acceptors (Lipinski definition) is 5. The van der Waals surface area contributed by atoms with E-state index in [-0.39, 0.29) is 0 Å². The van der Waals surface area contributed by atoms with Crippen LogP contribution in [0.1, 0.15) is 0 Å². The lowest BCUT2D eigenvalue weighted by atomic mass is 9.90. The highest BCUT2D eigenvalue weighted by atomic mass is 16.6. The molecule has 1 saturated carbocycles. The van der Waals surface area contributed by atoms with Crippen molar-refractivity contribution in [3.8, 4) is 0 Å². The van der Waals surface area contributed by atoms with E-state index in [9.17, 15) is 0 Å². The second kappa shape index (κ2) is 2.15. The fourth-order valence-corrected chi connectivity index (χ4v) is 1.48. The van der Waals surface area contributed by atoms with Gasteiger partial charge in [0.25, 0.3) is 0 Å². The van der Waals surface area contributed by atoms with Gasteiger partial charge in [-0.05, 0) is 0 Å². The first-order chi connectivity index (χ1) is 5.13. The maximum absolute atomic E-state index is 9.13. The number of rotatable bonds is 0. The smallest absolute Gasteiger partial charge is 0.115 e. The summed E-state index contributed by atoms with van der Waals surface area (Å²) in [6.07, 6.45) is -5.73. The number of aliphatic hydroxyl groups is 4. The molecule has 5 heteroatoms. The van der Waals surface area contributed by atoms with Crippen molar-refractivity contribution < 1.29 is 25.2 Å². The van der Waals surface area contributed by atoms with Gasteiger partial charge in [-0.1, -0.05) is 0 Å². The van der Waals surface area contributed by atoms with Gasteiger partial charge in [0.15, 0.2) is 0 Å². The zero-order chi connectivity index (χ0) is 8.17. The summed E-state index contributed by atoms with van der Waals surface area (Å²) < 4.78 is 4.82. The summed E-state index contributed by atoms with van der Waals surface area (Å²) in [6.45, 7) is 0. The van der Waals surface area contributed by atoms with Gasteiger partial charge in [0.05, 0.1) is 0 Å². The second-order valence-corrected chi connectivity index (χ2v) is 3.03. The Morgan fingerprint density at radius 1 is 0.636 bits per heavy atom. The van der Waals surface area contributed by atoms with Crippen LogP contribution in [0.15, 0.2) is 0 Å². The molecule has 1 aliphatic heterocycles. The molecule has 64 valence electrons. The number of fused-ring (bicyclic) bond motifs is 1. The van der Waals surface area contributed by atoms with Crippen molar-refractivity contribution in [2.75, 3.05) is 0 Å². The van der Waals surface area contributed by atoms with Crippen LogP contribution >= 0.6 is 0 Å². The highest BCUT2D eigenvalue weighted by molar-refractivity contribution is 5.07. The Labute approximate surface area is 62.8 Å². The van der Waals surface area contributed by atoms with Crippen molar-refractivity contribution in [2.45, 2.75) is 36.6 Å². The van der Waals surface area contributed by atoms with E-state index in [2.05, 4.69) is 0 Å². The van der Waals surface area contributed by atoms with Crippen molar-refractivity contribution in [3.05, 3.63) is 0 Å². The van der Waals surface area contributed by atoms with E-state index in [1.807, 2.05) is 0 Å². The quantitative estimate of drug-likeness (QED) is 0.289. The van der Waals surface area contributed by atoms with Crippen molar-refractivity contribution in [3.63, 3.8) is 0 Å². The minimum absolute atomic E-state index is 0.497. The normalized spacial score (nSPS) is 62.2.